The SMILES string of the molecule is CN=C(NCC(C)C(=O)OC)N1CCC(COC)C1.I. The molecule has 7 heteroatoms. The molecule has 1 saturated heterocycles. The van der Waals surface area contributed by atoms with E-state index in [1.807, 2.05) is 6.92 Å². The summed E-state index contributed by atoms with van der Waals surface area (Å²) in [6, 6.07) is 0. The van der Waals surface area contributed by atoms with Crippen molar-refractivity contribution < 1.29 is 14.3 Å². The standard InChI is InChI=1S/C13H25N3O3.HI/c1-10(12(17)19-4)7-15-13(14-2)16-6-5-11(8-16)9-18-3;/h10-11H,5-9H2,1-4H3,(H,14,15);1H. The van der Waals surface area contributed by atoms with Crippen molar-refractivity contribution in [1.29, 1.82) is 0 Å². The summed E-state index contributed by atoms with van der Waals surface area (Å²) >= 11 is 0. The number of guanidine groups is 1. The van der Waals surface area contributed by atoms with E-state index in [2.05, 4.69) is 15.2 Å². The molecule has 0 aromatic carbocycles. The van der Waals surface area contributed by atoms with E-state index in [1.165, 1.54) is 7.11 Å². The van der Waals surface area contributed by atoms with Crippen LogP contribution in [0.5, 0.6) is 0 Å². The summed E-state index contributed by atoms with van der Waals surface area (Å²) in [5.41, 5.74) is 0. The average molecular weight is 399 g/mol. The Balaban J connectivity index is 0.00000361. The molecule has 0 spiro atoms. The van der Waals surface area contributed by atoms with Gasteiger partial charge >= 0.3 is 5.97 Å². The maximum atomic E-state index is 11.3. The van der Waals surface area contributed by atoms with E-state index >= 15 is 0 Å². The van der Waals surface area contributed by atoms with Crippen LogP contribution in [0, 0.1) is 11.8 Å². The van der Waals surface area contributed by atoms with E-state index in [0.717, 1.165) is 32.1 Å². The molecule has 2 unspecified atom stereocenters. The van der Waals surface area contributed by atoms with Crippen LogP contribution in [0.25, 0.3) is 0 Å². The molecule has 1 N–H and O–H groups in total. The first-order chi connectivity index (χ1) is 9.12. The van der Waals surface area contributed by atoms with E-state index < -0.39 is 0 Å². The van der Waals surface area contributed by atoms with Gasteiger partial charge in [0.2, 0.25) is 0 Å². The van der Waals surface area contributed by atoms with Crippen molar-refractivity contribution in [2.45, 2.75) is 13.3 Å². The topological polar surface area (TPSA) is 63.2 Å². The summed E-state index contributed by atoms with van der Waals surface area (Å²) in [5.74, 6) is 1.01. The Morgan fingerprint density at radius 1 is 1.50 bits per heavy atom. The summed E-state index contributed by atoms with van der Waals surface area (Å²) < 4.78 is 9.89. The molecular weight excluding hydrogens is 373 g/mol. The molecule has 0 bridgehead atoms. The third-order valence-electron chi connectivity index (χ3n) is 3.37. The van der Waals surface area contributed by atoms with E-state index in [4.69, 9.17) is 9.47 Å². The van der Waals surface area contributed by atoms with Crippen LogP contribution in [0.4, 0.5) is 0 Å². The van der Waals surface area contributed by atoms with Crippen molar-refractivity contribution in [2.24, 2.45) is 16.8 Å². The fraction of sp³-hybridized carbons (Fsp3) is 0.846. The lowest BCUT2D eigenvalue weighted by Gasteiger charge is -2.22. The summed E-state index contributed by atoms with van der Waals surface area (Å²) in [5, 5.41) is 3.22. The smallest absolute Gasteiger partial charge is 0.310 e. The van der Waals surface area contributed by atoms with Gasteiger partial charge in [0.15, 0.2) is 5.96 Å². The van der Waals surface area contributed by atoms with E-state index in [-0.39, 0.29) is 35.9 Å². The highest BCUT2D eigenvalue weighted by Gasteiger charge is 2.25. The fourth-order valence-electron chi connectivity index (χ4n) is 2.26. The second-order valence-corrected chi connectivity index (χ2v) is 4.91. The first-order valence-electron chi connectivity index (χ1n) is 6.64. The molecule has 1 rings (SSSR count). The minimum Gasteiger partial charge on any atom is -0.469 e. The second-order valence-electron chi connectivity index (χ2n) is 4.91. The zero-order chi connectivity index (χ0) is 14.3. The van der Waals surface area contributed by atoms with Gasteiger partial charge in [-0.3, -0.25) is 9.79 Å². The number of methoxy groups -OCH3 is 2. The molecule has 1 fully saturated rings. The molecule has 118 valence electrons. The normalized spacial score (nSPS) is 20.3. The van der Waals surface area contributed by atoms with Crippen molar-refractivity contribution in [3.05, 3.63) is 0 Å². The number of hydrogen-bond donors (Lipinski definition) is 1. The summed E-state index contributed by atoms with van der Waals surface area (Å²) in [6.45, 7) is 5.07. The molecule has 6 nitrogen and oxygen atoms in total. The molecule has 0 aromatic rings. The Labute approximate surface area is 138 Å². The first-order valence-corrected chi connectivity index (χ1v) is 6.64. The highest BCUT2D eigenvalue weighted by molar-refractivity contribution is 14.0. The van der Waals surface area contributed by atoms with E-state index in [9.17, 15) is 4.79 Å². The lowest BCUT2D eigenvalue weighted by Crippen LogP contribution is -2.43. The highest BCUT2D eigenvalue weighted by Crippen LogP contribution is 2.16. The number of carbonyl (C=O) groups excluding carboxylic acids is 1. The third-order valence-corrected chi connectivity index (χ3v) is 3.37. The fourth-order valence-corrected chi connectivity index (χ4v) is 2.26. The quantitative estimate of drug-likeness (QED) is 0.323. The summed E-state index contributed by atoms with van der Waals surface area (Å²) in [4.78, 5) is 17.8. The van der Waals surface area contributed by atoms with Crippen LogP contribution in [0.3, 0.4) is 0 Å². The van der Waals surface area contributed by atoms with E-state index in [0.29, 0.717) is 12.5 Å². The van der Waals surface area contributed by atoms with Gasteiger partial charge < -0.3 is 19.7 Å². The Bertz CT molecular complexity index is 326. The van der Waals surface area contributed by atoms with Crippen molar-refractivity contribution in [3.63, 3.8) is 0 Å². The van der Waals surface area contributed by atoms with Gasteiger partial charge in [0, 0.05) is 39.7 Å². The molecule has 0 saturated carbocycles. The van der Waals surface area contributed by atoms with Crippen molar-refractivity contribution in [3.8, 4) is 0 Å². The summed E-state index contributed by atoms with van der Waals surface area (Å²) in [7, 11) is 4.89. The lowest BCUT2D eigenvalue weighted by molar-refractivity contribution is -0.144. The van der Waals surface area contributed by atoms with Gasteiger partial charge in [0.25, 0.3) is 0 Å². The number of nitrogens with zero attached hydrogens (tertiary/aromatic N) is 2. The molecule has 20 heavy (non-hydrogen) atoms. The average Bonchev–Trinajstić information content (AvgIpc) is 2.87. The molecule has 2 atom stereocenters. The van der Waals surface area contributed by atoms with E-state index in [1.54, 1.807) is 14.2 Å². The van der Waals surface area contributed by atoms with Crippen molar-refractivity contribution in [1.82, 2.24) is 10.2 Å². The lowest BCUT2D eigenvalue weighted by atomic mass is 10.1. The van der Waals surface area contributed by atoms with Crippen LogP contribution in [-0.4, -0.2) is 64.3 Å². The number of rotatable bonds is 5. The molecule has 0 aromatic heterocycles. The number of carbonyl (C=O) groups is 1. The minimum atomic E-state index is -0.207. The molecule has 1 heterocycles. The Hall–Kier alpha value is -0.570. The van der Waals surface area contributed by atoms with Crippen molar-refractivity contribution >= 4 is 35.9 Å². The number of esters is 1. The second kappa shape index (κ2) is 10.2. The first kappa shape index (κ1) is 19.4. The predicted molar refractivity (Wildman–Crippen MR) is 89.5 cm³/mol. The number of aliphatic imine (C=N–C) groups is 1. The molecule has 0 aliphatic carbocycles. The van der Waals surface area contributed by atoms with Gasteiger partial charge in [-0.05, 0) is 6.42 Å². The molecular formula is C13H26IN3O3. The zero-order valence-corrected chi connectivity index (χ0v) is 15.0. The maximum Gasteiger partial charge on any atom is 0.310 e. The number of nitrogens with one attached hydrogen (secondary N) is 1. The number of halogens is 1. The number of hydrogen-bond acceptors (Lipinski definition) is 4. The van der Waals surface area contributed by atoms with Crippen LogP contribution in [0.2, 0.25) is 0 Å². The highest BCUT2D eigenvalue weighted by atomic mass is 127. The van der Waals surface area contributed by atoms with Gasteiger partial charge in [0.1, 0.15) is 0 Å². The largest absolute Gasteiger partial charge is 0.469 e. The van der Waals surface area contributed by atoms with Gasteiger partial charge in [-0.15, -0.1) is 24.0 Å². The van der Waals surface area contributed by atoms with Crippen LogP contribution in [-0.2, 0) is 14.3 Å². The molecule has 0 amide bonds. The number of ether oxygens (including phenoxy) is 2. The summed E-state index contributed by atoms with van der Waals surface area (Å²) in [6.07, 6.45) is 1.11. The van der Waals surface area contributed by atoms with Crippen LogP contribution in [0.15, 0.2) is 4.99 Å². The number of likely N-dealkylation sites (tertiary alicyclic amines) is 1. The van der Waals surface area contributed by atoms with Gasteiger partial charge in [-0.1, -0.05) is 6.92 Å². The zero-order valence-electron chi connectivity index (χ0n) is 12.7. The van der Waals surface area contributed by atoms with Crippen LogP contribution < -0.4 is 5.32 Å². The molecule has 1 aliphatic heterocycles. The Morgan fingerprint density at radius 2 is 2.20 bits per heavy atom. The molecule has 0 radical (unpaired) electrons. The monoisotopic (exact) mass is 399 g/mol. The van der Waals surface area contributed by atoms with Crippen molar-refractivity contribution in [2.75, 3.05) is 47.5 Å². The third kappa shape index (κ3) is 5.82. The maximum absolute atomic E-state index is 11.3. The van der Waals surface area contributed by atoms with Gasteiger partial charge in [-0.2, -0.15) is 0 Å². The predicted octanol–water partition coefficient (Wildman–Crippen LogP) is 0.957. The molecule has 1 aliphatic rings. The Morgan fingerprint density at radius 3 is 2.75 bits per heavy atom. The van der Waals surface area contributed by atoms with Crippen LogP contribution in [0.1, 0.15) is 13.3 Å². The minimum absolute atomic E-state index is 0. The Kier molecular flexibility index (Phi) is 9.91. The van der Waals surface area contributed by atoms with Gasteiger partial charge in [-0.25, -0.2) is 0 Å². The van der Waals surface area contributed by atoms with Gasteiger partial charge in [0.05, 0.1) is 19.6 Å². The van der Waals surface area contributed by atoms with Crippen LogP contribution >= 0.6 is 24.0 Å².